The molecule has 0 spiro atoms. The first kappa shape index (κ1) is 24.6. The lowest BCUT2D eigenvalue weighted by atomic mass is 10.1. The van der Waals surface area contributed by atoms with Crippen molar-refractivity contribution in [1.29, 1.82) is 0 Å². The molecule has 11 heteroatoms. The van der Waals surface area contributed by atoms with E-state index in [4.69, 9.17) is 15.9 Å². The summed E-state index contributed by atoms with van der Waals surface area (Å²) in [5.41, 5.74) is 6.71. The fourth-order valence-corrected chi connectivity index (χ4v) is 2.44. The van der Waals surface area contributed by atoms with E-state index in [9.17, 15) is 24.0 Å². The van der Waals surface area contributed by atoms with Crippen molar-refractivity contribution in [2.75, 3.05) is 6.54 Å². The van der Waals surface area contributed by atoms with Gasteiger partial charge in [0, 0.05) is 6.42 Å². The SMILES string of the molecule is CC(NC(=O)C(N)Cc1ccccc1)C(=O)NCC(=O)NC(CCC(=O)O)C(=O)O. The lowest BCUT2D eigenvalue weighted by Crippen LogP contribution is -2.52. The molecule has 1 rings (SSSR count). The minimum atomic E-state index is -1.39. The Labute approximate surface area is 173 Å². The van der Waals surface area contributed by atoms with Crippen LogP contribution in [0.3, 0.4) is 0 Å². The lowest BCUT2D eigenvalue weighted by molar-refractivity contribution is -0.143. The number of hydrogen-bond acceptors (Lipinski definition) is 6. The summed E-state index contributed by atoms with van der Waals surface area (Å²) in [4.78, 5) is 57.6. The first-order chi connectivity index (χ1) is 14.1. The highest BCUT2D eigenvalue weighted by molar-refractivity contribution is 5.92. The van der Waals surface area contributed by atoms with Crippen LogP contribution >= 0.6 is 0 Å². The summed E-state index contributed by atoms with van der Waals surface area (Å²) >= 11 is 0. The number of benzene rings is 1. The minimum absolute atomic E-state index is 0.288. The summed E-state index contributed by atoms with van der Waals surface area (Å²) < 4.78 is 0. The van der Waals surface area contributed by atoms with Gasteiger partial charge in [0.15, 0.2) is 0 Å². The van der Waals surface area contributed by atoms with E-state index in [2.05, 4.69) is 16.0 Å². The van der Waals surface area contributed by atoms with Crippen LogP contribution in [-0.2, 0) is 30.4 Å². The normalized spacial score (nSPS) is 13.4. The molecule has 0 heterocycles. The standard InChI is InChI=1S/C19H26N4O7/c1-11(22-18(28)13(20)9-12-5-3-2-4-6-12)17(27)21-10-15(24)23-14(19(29)30)7-8-16(25)26/h2-6,11,13-14H,7-10,20H2,1H3,(H,21,27)(H,22,28)(H,23,24)(H,25,26)(H,29,30). The van der Waals surface area contributed by atoms with Crippen LogP contribution in [0.15, 0.2) is 30.3 Å². The Hall–Kier alpha value is -3.47. The number of carbonyl (C=O) groups is 5. The number of carboxylic acids is 2. The third kappa shape index (κ3) is 9.15. The summed E-state index contributed by atoms with van der Waals surface area (Å²) in [7, 11) is 0. The Bertz CT molecular complexity index is 769. The molecule has 0 fully saturated rings. The third-order valence-electron chi connectivity index (χ3n) is 4.09. The second kappa shape index (κ2) is 12.2. The zero-order valence-corrected chi connectivity index (χ0v) is 16.5. The molecule has 0 bridgehead atoms. The third-order valence-corrected chi connectivity index (χ3v) is 4.09. The highest BCUT2D eigenvalue weighted by Gasteiger charge is 2.23. The van der Waals surface area contributed by atoms with E-state index in [1.165, 1.54) is 6.92 Å². The molecule has 0 aliphatic heterocycles. The van der Waals surface area contributed by atoms with Crippen LogP contribution < -0.4 is 21.7 Å². The smallest absolute Gasteiger partial charge is 0.326 e. The Morgan fingerprint density at radius 2 is 1.63 bits per heavy atom. The van der Waals surface area contributed by atoms with E-state index in [0.29, 0.717) is 0 Å². The molecule has 0 radical (unpaired) electrons. The Kier molecular flexibility index (Phi) is 9.97. The van der Waals surface area contributed by atoms with Gasteiger partial charge in [0.25, 0.3) is 0 Å². The van der Waals surface area contributed by atoms with Crippen molar-refractivity contribution in [3.63, 3.8) is 0 Å². The van der Waals surface area contributed by atoms with E-state index >= 15 is 0 Å². The van der Waals surface area contributed by atoms with Crippen molar-refractivity contribution < 1.29 is 34.2 Å². The summed E-state index contributed by atoms with van der Waals surface area (Å²) in [6.07, 6.45) is -0.442. The molecule has 0 saturated carbocycles. The Morgan fingerprint density at radius 3 is 2.20 bits per heavy atom. The second-order valence-electron chi connectivity index (χ2n) is 6.64. The topological polar surface area (TPSA) is 188 Å². The molecule has 1 aromatic carbocycles. The predicted octanol–water partition coefficient (Wildman–Crippen LogP) is -1.39. The van der Waals surface area contributed by atoms with Crippen LogP contribution in [0, 0.1) is 0 Å². The molecular formula is C19H26N4O7. The maximum atomic E-state index is 12.1. The predicted molar refractivity (Wildman–Crippen MR) is 105 cm³/mol. The van der Waals surface area contributed by atoms with Crippen molar-refractivity contribution in [3.8, 4) is 0 Å². The molecule has 0 aromatic heterocycles. The van der Waals surface area contributed by atoms with Crippen molar-refractivity contribution in [3.05, 3.63) is 35.9 Å². The van der Waals surface area contributed by atoms with Gasteiger partial charge in [-0.1, -0.05) is 30.3 Å². The van der Waals surface area contributed by atoms with Gasteiger partial charge in [0.2, 0.25) is 17.7 Å². The van der Waals surface area contributed by atoms with E-state index in [1.54, 1.807) is 0 Å². The van der Waals surface area contributed by atoms with Crippen LogP contribution in [0.2, 0.25) is 0 Å². The maximum Gasteiger partial charge on any atom is 0.326 e. The monoisotopic (exact) mass is 422 g/mol. The Morgan fingerprint density at radius 1 is 1.00 bits per heavy atom. The number of hydrogen-bond donors (Lipinski definition) is 6. The minimum Gasteiger partial charge on any atom is -0.481 e. The van der Waals surface area contributed by atoms with Crippen LogP contribution in [0.1, 0.15) is 25.3 Å². The zero-order chi connectivity index (χ0) is 22.7. The molecule has 3 unspecified atom stereocenters. The van der Waals surface area contributed by atoms with Gasteiger partial charge < -0.3 is 31.9 Å². The average Bonchev–Trinajstić information content (AvgIpc) is 2.69. The molecule has 30 heavy (non-hydrogen) atoms. The van der Waals surface area contributed by atoms with Gasteiger partial charge in [-0.05, 0) is 25.3 Å². The highest BCUT2D eigenvalue weighted by atomic mass is 16.4. The van der Waals surface area contributed by atoms with E-state index in [1.807, 2.05) is 30.3 Å². The van der Waals surface area contributed by atoms with E-state index in [0.717, 1.165) is 5.56 Å². The van der Waals surface area contributed by atoms with Gasteiger partial charge in [-0.3, -0.25) is 19.2 Å². The molecule has 11 nitrogen and oxygen atoms in total. The summed E-state index contributed by atoms with van der Waals surface area (Å²) in [5.74, 6) is -4.59. The number of rotatable bonds is 12. The maximum absolute atomic E-state index is 12.1. The molecule has 3 atom stereocenters. The van der Waals surface area contributed by atoms with Crippen LogP contribution in [0.5, 0.6) is 0 Å². The number of aliphatic carboxylic acids is 2. The largest absolute Gasteiger partial charge is 0.481 e. The fraction of sp³-hybridized carbons (Fsp3) is 0.421. The van der Waals surface area contributed by atoms with Gasteiger partial charge in [0.1, 0.15) is 12.1 Å². The molecule has 3 amide bonds. The van der Waals surface area contributed by atoms with Crippen molar-refractivity contribution in [1.82, 2.24) is 16.0 Å². The Balaban J connectivity index is 2.43. The summed E-state index contributed by atoms with van der Waals surface area (Å²) in [5, 5.41) is 24.5. The quantitative estimate of drug-likeness (QED) is 0.237. The van der Waals surface area contributed by atoms with Gasteiger partial charge in [-0.25, -0.2) is 4.79 Å². The molecule has 1 aromatic rings. The first-order valence-electron chi connectivity index (χ1n) is 9.21. The first-order valence-corrected chi connectivity index (χ1v) is 9.21. The molecule has 0 aliphatic rings. The summed E-state index contributed by atoms with van der Waals surface area (Å²) in [6.45, 7) is 0.874. The van der Waals surface area contributed by atoms with Crippen LogP contribution in [0.4, 0.5) is 0 Å². The van der Waals surface area contributed by atoms with Gasteiger partial charge in [0.05, 0.1) is 12.6 Å². The molecular weight excluding hydrogens is 396 g/mol. The van der Waals surface area contributed by atoms with Gasteiger partial charge >= 0.3 is 11.9 Å². The van der Waals surface area contributed by atoms with E-state index < -0.39 is 60.8 Å². The van der Waals surface area contributed by atoms with Gasteiger partial charge in [-0.15, -0.1) is 0 Å². The highest BCUT2D eigenvalue weighted by Crippen LogP contribution is 2.02. The van der Waals surface area contributed by atoms with Crippen molar-refractivity contribution >= 4 is 29.7 Å². The van der Waals surface area contributed by atoms with Gasteiger partial charge in [-0.2, -0.15) is 0 Å². The summed E-state index contributed by atoms with van der Waals surface area (Å²) in [6, 6.07) is 5.88. The number of amides is 3. The zero-order valence-electron chi connectivity index (χ0n) is 16.5. The molecule has 0 saturated heterocycles. The second-order valence-corrected chi connectivity index (χ2v) is 6.64. The molecule has 0 aliphatic carbocycles. The molecule has 7 N–H and O–H groups in total. The average molecular weight is 422 g/mol. The number of carbonyl (C=O) groups excluding carboxylic acids is 3. The number of nitrogens with one attached hydrogen (secondary N) is 3. The van der Waals surface area contributed by atoms with Crippen molar-refractivity contribution in [2.45, 2.75) is 44.3 Å². The molecule has 164 valence electrons. The van der Waals surface area contributed by atoms with Crippen LogP contribution in [0.25, 0.3) is 0 Å². The lowest BCUT2D eigenvalue weighted by Gasteiger charge is -2.18. The van der Waals surface area contributed by atoms with Crippen molar-refractivity contribution in [2.24, 2.45) is 5.73 Å². The van der Waals surface area contributed by atoms with Crippen LogP contribution in [-0.4, -0.2) is 64.5 Å². The van der Waals surface area contributed by atoms with E-state index in [-0.39, 0.29) is 12.8 Å². The fourth-order valence-electron chi connectivity index (χ4n) is 2.44. The number of carboxylic acid groups (broad SMARTS) is 2. The number of nitrogens with two attached hydrogens (primary N) is 1.